The van der Waals surface area contributed by atoms with Crippen molar-refractivity contribution in [2.75, 3.05) is 29.3 Å². The monoisotopic (exact) mass is 603 g/mol. The molecule has 1 heterocycles. The van der Waals surface area contributed by atoms with E-state index in [9.17, 15) is 18.0 Å². The van der Waals surface area contributed by atoms with Crippen molar-refractivity contribution >= 4 is 44.8 Å². The predicted octanol–water partition coefficient (Wildman–Crippen LogP) is 4.86. The van der Waals surface area contributed by atoms with Crippen molar-refractivity contribution in [1.82, 2.24) is 5.32 Å². The van der Waals surface area contributed by atoms with Gasteiger partial charge in [0.2, 0.25) is 5.91 Å². The molecule has 0 bridgehead atoms. The fraction of sp³-hybridized carbons (Fsp3) is 0.188. The van der Waals surface area contributed by atoms with Crippen LogP contribution in [0.25, 0.3) is 0 Å². The summed E-state index contributed by atoms with van der Waals surface area (Å²) >= 11 is 5.90. The summed E-state index contributed by atoms with van der Waals surface area (Å²) in [5, 5.41) is 3.37. The number of para-hydroxylation sites is 2. The third kappa shape index (κ3) is 6.58. The molecule has 0 aliphatic carbocycles. The molecular formula is C32H30ClN3O5S. The van der Waals surface area contributed by atoms with E-state index in [1.165, 1.54) is 35.6 Å². The Labute approximate surface area is 250 Å². The highest BCUT2D eigenvalue weighted by atomic mass is 35.5. The molecule has 0 fully saturated rings. The molecule has 216 valence electrons. The molecule has 1 atom stereocenters. The second kappa shape index (κ2) is 12.7. The van der Waals surface area contributed by atoms with E-state index in [-0.39, 0.29) is 29.7 Å². The number of carbonyl (C=O) groups is 2. The highest BCUT2D eigenvalue weighted by Crippen LogP contribution is 2.34. The van der Waals surface area contributed by atoms with Crippen molar-refractivity contribution in [3.63, 3.8) is 0 Å². The largest absolute Gasteiger partial charge is 0.477 e. The zero-order valence-electron chi connectivity index (χ0n) is 22.9. The van der Waals surface area contributed by atoms with Crippen LogP contribution in [0.4, 0.5) is 11.4 Å². The van der Waals surface area contributed by atoms with Gasteiger partial charge in [-0.05, 0) is 66.1 Å². The van der Waals surface area contributed by atoms with Crippen molar-refractivity contribution < 1.29 is 22.7 Å². The Bertz CT molecular complexity index is 1660. The van der Waals surface area contributed by atoms with Crippen LogP contribution in [0, 0.1) is 0 Å². The molecule has 0 saturated carbocycles. The Balaban J connectivity index is 1.25. The zero-order chi connectivity index (χ0) is 29.7. The lowest BCUT2D eigenvalue weighted by atomic mass is 10.1. The molecule has 42 heavy (non-hydrogen) atoms. The highest BCUT2D eigenvalue weighted by molar-refractivity contribution is 7.92. The van der Waals surface area contributed by atoms with Crippen LogP contribution in [0.3, 0.4) is 0 Å². The van der Waals surface area contributed by atoms with Gasteiger partial charge < -0.3 is 15.0 Å². The van der Waals surface area contributed by atoms with Crippen molar-refractivity contribution in [1.29, 1.82) is 0 Å². The van der Waals surface area contributed by atoms with Crippen LogP contribution in [0.2, 0.25) is 5.02 Å². The first-order chi connectivity index (χ1) is 20.2. The Morgan fingerprint density at radius 2 is 1.57 bits per heavy atom. The van der Waals surface area contributed by atoms with Gasteiger partial charge in [-0.15, -0.1) is 0 Å². The van der Waals surface area contributed by atoms with E-state index in [0.717, 1.165) is 5.56 Å². The van der Waals surface area contributed by atoms with E-state index in [0.29, 0.717) is 40.7 Å². The summed E-state index contributed by atoms with van der Waals surface area (Å²) in [6.07, 6.45) is -0.108. The number of nitrogens with one attached hydrogen (secondary N) is 1. The smallest absolute Gasteiger partial charge is 0.264 e. The molecule has 4 aromatic rings. The minimum Gasteiger partial charge on any atom is -0.477 e. The van der Waals surface area contributed by atoms with Crippen LogP contribution in [-0.2, 0) is 32.5 Å². The number of hydrogen-bond donors (Lipinski definition) is 1. The highest BCUT2D eigenvalue weighted by Gasteiger charge is 2.33. The lowest BCUT2D eigenvalue weighted by Crippen LogP contribution is -2.51. The van der Waals surface area contributed by atoms with Gasteiger partial charge in [-0.2, -0.15) is 0 Å². The summed E-state index contributed by atoms with van der Waals surface area (Å²) in [6, 6.07) is 29.7. The van der Waals surface area contributed by atoms with Gasteiger partial charge in [0, 0.05) is 18.6 Å². The molecule has 0 radical (unpaired) electrons. The minimum absolute atomic E-state index is 0.0601. The molecule has 2 amide bonds. The van der Waals surface area contributed by atoms with Crippen LogP contribution in [-0.4, -0.2) is 46.5 Å². The molecule has 4 aromatic carbocycles. The van der Waals surface area contributed by atoms with E-state index in [4.69, 9.17) is 16.3 Å². The van der Waals surface area contributed by atoms with Gasteiger partial charge in [0.05, 0.1) is 29.2 Å². The van der Waals surface area contributed by atoms with Crippen LogP contribution in [0.15, 0.2) is 108 Å². The number of anilines is 2. The number of fused-ring (bicyclic) bond motifs is 1. The third-order valence-corrected chi connectivity index (χ3v) is 9.10. The summed E-state index contributed by atoms with van der Waals surface area (Å²) in [4.78, 5) is 28.2. The van der Waals surface area contributed by atoms with Crippen molar-refractivity contribution in [3.05, 3.63) is 119 Å². The number of amides is 2. The van der Waals surface area contributed by atoms with Gasteiger partial charge in [-0.1, -0.05) is 66.2 Å². The summed E-state index contributed by atoms with van der Waals surface area (Å²) < 4.78 is 33.2. The maximum absolute atomic E-state index is 13.5. The van der Waals surface area contributed by atoms with E-state index in [1.54, 1.807) is 47.4 Å². The lowest BCUT2D eigenvalue weighted by molar-refractivity contribution is -0.128. The van der Waals surface area contributed by atoms with Gasteiger partial charge in [0.1, 0.15) is 5.75 Å². The summed E-state index contributed by atoms with van der Waals surface area (Å²) in [6.45, 7) is 0.528. The van der Waals surface area contributed by atoms with Gasteiger partial charge in [-0.3, -0.25) is 13.9 Å². The quantitative estimate of drug-likeness (QED) is 0.295. The number of nitrogens with zero attached hydrogens (tertiary/aromatic N) is 2. The number of sulfonamides is 1. The van der Waals surface area contributed by atoms with E-state index >= 15 is 0 Å². The summed E-state index contributed by atoms with van der Waals surface area (Å²) in [5.74, 6) is -0.0278. The Morgan fingerprint density at radius 1 is 0.905 bits per heavy atom. The number of ether oxygens (including phenoxy) is 1. The molecule has 5 rings (SSSR count). The Morgan fingerprint density at radius 3 is 2.29 bits per heavy atom. The minimum atomic E-state index is -3.78. The van der Waals surface area contributed by atoms with Gasteiger partial charge in [0.15, 0.2) is 6.10 Å². The van der Waals surface area contributed by atoms with E-state index < -0.39 is 16.1 Å². The zero-order valence-corrected chi connectivity index (χ0v) is 24.5. The average molecular weight is 604 g/mol. The lowest BCUT2D eigenvalue weighted by Gasteiger charge is -2.34. The molecule has 1 aliphatic rings. The van der Waals surface area contributed by atoms with Gasteiger partial charge in [0.25, 0.3) is 15.9 Å². The van der Waals surface area contributed by atoms with Crippen LogP contribution < -0.4 is 19.3 Å². The van der Waals surface area contributed by atoms with Crippen molar-refractivity contribution in [2.24, 2.45) is 0 Å². The normalized spacial score (nSPS) is 14.4. The molecule has 1 N–H and O–H groups in total. The molecule has 8 nitrogen and oxygen atoms in total. The molecule has 10 heteroatoms. The van der Waals surface area contributed by atoms with Crippen molar-refractivity contribution in [2.45, 2.75) is 23.8 Å². The number of carbonyl (C=O) groups excluding carboxylic acids is 2. The SMILES string of the molecule is CN(c1ccc(CC(=O)N2C[C@@H](C(=O)NCCc3ccccc3)Oc3ccccc32)cc1)S(=O)(=O)c1ccc(Cl)cc1. The third-order valence-electron chi connectivity index (χ3n) is 7.05. The second-order valence-corrected chi connectivity index (χ2v) is 12.3. The maximum Gasteiger partial charge on any atom is 0.264 e. The molecule has 0 aromatic heterocycles. The average Bonchev–Trinajstić information content (AvgIpc) is 3.01. The van der Waals surface area contributed by atoms with Crippen LogP contribution >= 0.6 is 11.6 Å². The number of hydrogen-bond acceptors (Lipinski definition) is 5. The number of benzene rings is 4. The van der Waals surface area contributed by atoms with E-state index in [2.05, 4.69) is 5.32 Å². The van der Waals surface area contributed by atoms with Crippen LogP contribution in [0.1, 0.15) is 11.1 Å². The molecule has 0 saturated heterocycles. The first-order valence-electron chi connectivity index (χ1n) is 13.4. The molecule has 0 unspecified atom stereocenters. The molecular weight excluding hydrogens is 574 g/mol. The Kier molecular flexibility index (Phi) is 8.80. The van der Waals surface area contributed by atoms with Gasteiger partial charge in [-0.25, -0.2) is 8.42 Å². The number of halogens is 1. The first-order valence-corrected chi connectivity index (χ1v) is 15.3. The van der Waals surface area contributed by atoms with E-state index in [1.807, 2.05) is 36.4 Å². The second-order valence-electron chi connectivity index (χ2n) is 9.87. The molecule has 1 aliphatic heterocycles. The van der Waals surface area contributed by atoms with Crippen molar-refractivity contribution in [3.8, 4) is 5.75 Å². The number of rotatable bonds is 9. The fourth-order valence-corrected chi connectivity index (χ4v) is 6.01. The predicted molar refractivity (Wildman–Crippen MR) is 164 cm³/mol. The topological polar surface area (TPSA) is 96.0 Å². The standard InChI is InChI=1S/C32H30ClN3O5S/c1-35(42(39,40)27-17-13-25(33)14-18-27)26-15-11-24(12-16-26)21-31(37)36-22-30(41-29-10-6-5-9-28(29)36)32(38)34-20-19-23-7-3-2-4-8-23/h2-18,30H,19-22H2,1H3,(H,34,38)/t30-/m0/s1. The fourth-order valence-electron chi connectivity index (χ4n) is 4.69. The van der Waals surface area contributed by atoms with Crippen LogP contribution in [0.5, 0.6) is 5.75 Å². The maximum atomic E-state index is 13.5. The first kappa shape index (κ1) is 29.2. The summed E-state index contributed by atoms with van der Waals surface area (Å²) in [5.41, 5.74) is 2.87. The summed E-state index contributed by atoms with van der Waals surface area (Å²) in [7, 11) is -2.31. The Hall–Kier alpha value is -4.34. The van der Waals surface area contributed by atoms with Gasteiger partial charge >= 0.3 is 0 Å². The molecule has 0 spiro atoms.